The number of oxime groups is 1. The molecule has 0 bridgehead atoms. The van der Waals surface area contributed by atoms with Gasteiger partial charge in [-0.3, -0.25) is 0 Å². The van der Waals surface area contributed by atoms with Crippen LogP contribution in [0.1, 0.15) is 38.7 Å². The average Bonchev–Trinajstić information content (AvgIpc) is 2.65. The van der Waals surface area contributed by atoms with Crippen molar-refractivity contribution < 1.29 is 23.8 Å². The molecule has 0 saturated carbocycles. The highest BCUT2D eigenvalue weighted by Gasteiger charge is 2.41. The molecule has 1 fully saturated rings. The van der Waals surface area contributed by atoms with Crippen molar-refractivity contribution in [3.8, 4) is 0 Å². The Bertz CT molecular complexity index is 609. The largest absolute Gasteiger partial charge is 0.465 e. The minimum atomic E-state index is -1.28. The molecule has 1 aromatic rings. The number of carbonyl (C=O) groups excluding carboxylic acids is 1. The van der Waals surface area contributed by atoms with Gasteiger partial charge in [0.15, 0.2) is 0 Å². The summed E-state index contributed by atoms with van der Waals surface area (Å²) in [5.41, 5.74) is 1.80. The van der Waals surface area contributed by atoms with Crippen LogP contribution in [0.3, 0.4) is 0 Å². The molecule has 7 heteroatoms. The fraction of sp³-hybridized carbons (Fsp3) is 0.579. The number of ether oxygens (including phenoxy) is 3. The van der Waals surface area contributed by atoms with Gasteiger partial charge in [-0.1, -0.05) is 28.9 Å². The lowest BCUT2D eigenvalue weighted by Gasteiger charge is -2.35. The topological polar surface area (TPSA) is 66.4 Å². The lowest BCUT2D eigenvalue weighted by atomic mass is 10.0. The fourth-order valence-electron chi connectivity index (χ4n) is 2.60. The summed E-state index contributed by atoms with van der Waals surface area (Å²) in [4.78, 5) is 17.0. The lowest BCUT2D eigenvalue weighted by Crippen LogP contribution is -2.48. The molecule has 0 N–H and O–H groups in total. The van der Waals surface area contributed by atoms with Crippen LogP contribution in [0.2, 0.25) is 5.02 Å². The molecule has 1 aromatic carbocycles. The molecule has 0 radical (unpaired) electrons. The predicted molar refractivity (Wildman–Crippen MR) is 99.3 cm³/mol. The van der Waals surface area contributed by atoms with Gasteiger partial charge in [0, 0.05) is 17.9 Å². The van der Waals surface area contributed by atoms with Crippen LogP contribution in [0, 0.1) is 5.92 Å². The second-order valence-corrected chi connectivity index (χ2v) is 6.87. The van der Waals surface area contributed by atoms with Crippen molar-refractivity contribution in [3.05, 3.63) is 34.9 Å². The van der Waals surface area contributed by atoms with E-state index in [1.54, 1.807) is 6.92 Å². The number of nitrogens with zero attached hydrogens (tertiary/aromatic N) is 1. The molecule has 144 valence electrons. The van der Waals surface area contributed by atoms with Crippen LogP contribution < -0.4 is 0 Å². The van der Waals surface area contributed by atoms with E-state index < -0.39 is 11.8 Å². The number of hydrogen-bond acceptors (Lipinski definition) is 6. The highest BCUT2D eigenvalue weighted by molar-refractivity contribution is 6.30. The Kier molecular flexibility index (Phi) is 7.87. The van der Waals surface area contributed by atoms with E-state index in [1.807, 2.05) is 31.2 Å². The zero-order chi connectivity index (χ0) is 19.0. The number of esters is 1. The third kappa shape index (κ3) is 5.97. The Hall–Kier alpha value is -1.63. The van der Waals surface area contributed by atoms with E-state index in [9.17, 15) is 4.79 Å². The number of rotatable bonds is 8. The summed E-state index contributed by atoms with van der Waals surface area (Å²) in [6, 6.07) is 7.48. The van der Waals surface area contributed by atoms with Crippen LogP contribution in [-0.2, 0) is 23.8 Å². The van der Waals surface area contributed by atoms with E-state index >= 15 is 0 Å². The van der Waals surface area contributed by atoms with Crippen molar-refractivity contribution >= 4 is 23.3 Å². The molecule has 1 aliphatic heterocycles. The first-order valence-corrected chi connectivity index (χ1v) is 9.11. The smallest absolute Gasteiger partial charge is 0.366 e. The molecule has 0 amide bonds. The van der Waals surface area contributed by atoms with Crippen molar-refractivity contribution in [1.29, 1.82) is 0 Å². The van der Waals surface area contributed by atoms with Gasteiger partial charge in [0.25, 0.3) is 5.79 Å². The summed E-state index contributed by atoms with van der Waals surface area (Å²) in [6.45, 7) is 5.02. The maximum absolute atomic E-state index is 11.6. The third-order valence-electron chi connectivity index (χ3n) is 4.31. The Morgan fingerprint density at radius 1 is 1.27 bits per heavy atom. The number of halogens is 1. The summed E-state index contributed by atoms with van der Waals surface area (Å²) in [7, 11) is 1.32. The molecular weight excluding hydrogens is 358 g/mol. The maximum atomic E-state index is 11.6. The predicted octanol–water partition coefficient (Wildman–Crippen LogP) is 3.80. The molecule has 1 saturated heterocycles. The number of methoxy groups -OCH3 is 1. The van der Waals surface area contributed by atoms with Crippen molar-refractivity contribution in [2.24, 2.45) is 11.1 Å². The summed E-state index contributed by atoms with van der Waals surface area (Å²) < 4.78 is 15.8. The summed E-state index contributed by atoms with van der Waals surface area (Å²) >= 11 is 5.87. The molecule has 2 rings (SSSR count). The van der Waals surface area contributed by atoms with Crippen LogP contribution in [0.15, 0.2) is 29.4 Å². The van der Waals surface area contributed by atoms with Gasteiger partial charge < -0.3 is 19.0 Å². The minimum absolute atomic E-state index is 0.270. The van der Waals surface area contributed by atoms with Crippen LogP contribution >= 0.6 is 11.6 Å². The van der Waals surface area contributed by atoms with Crippen LogP contribution in [0.5, 0.6) is 0 Å². The minimum Gasteiger partial charge on any atom is -0.465 e. The number of unbranched alkanes of at least 4 members (excludes halogenated alkanes) is 1. The average molecular weight is 384 g/mol. The fourth-order valence-corrected chi connectivity index (χ4v) is 2.73. The van der Waals surface area contributed by atoms with Gasteiger partial charge in [-0.05, 0) is 43.9 Å². The normalized spacial score (nSPS) is 23.5. The van der Waals surface area contributed by atoms with Gasteiger partial charge in [0.05, 0.1) is 26.0 Å². The van der Waals surface area contributed by atoms with Gasteiger partial charge in [-0.15, -0.1) is 0 Å². The van der Waals surface area contributed by atoms with E-state index in [4.69, 9.17) is 25.9 Å². The molecule has 0 aliphatic carbocycles. The number of hydrogen-bond donors (Lipinski definition) is 0. The molecule has 0 atom stereocenters. The second-order valence-electron chi connectivity index (χ2n) is 6.44. The third-order valence-corrected chi connectivity index (χ3v) is 4.56. The van der Waals surface area contributed by atoms with Crippen molar-refractivity contribution in [2.45, 2.75) is 38.9 Å². The molecule has 26 heavy (non-hydrogen) atoms. The van der Waals surface area contributed by atoms with Crippen LogP contribution in [-0.4, -0.2) is 44.4 Å². The number of carbonyl (C=O) groups is 1. The van der Waals surface area contributed by atoms with E-state index in [0.717, 1.165) is 30.5 Å². The molecule has 0 aromatic heterocycles. The first-order valence-electron chi connectivity index (χ1n) is 8.73. The summed E-state index contributed by atoms with van der Waals surface area (Å²) in [6.07, 6.45) is 2.81. The van der Waals surface area contributed by atoms with Crippen LogP contribution in [0.4, 0.5) is 0 Å². The quantitative estimate of drug-likeness (QED) is 0.295. The SMILES string of the molecule is COC(=O)C1(C)OCC(CCCCON=C(C)c2ccc(Cl)cc2)CO1. The van der Waals surface area contributed by atoms with Crippen molar-refractivity contribution in [3.63, 3.8) is 0 Å². The van der Waals surface area contributed by atoms with E-state index in [1.165, 1.54) is 7.11 Å². The Labute approximate surface area is 159 Å². The van der Waals surface area contributed by atoms with Crippen molar-refractivity contribution in [2.75, 3.05) is 26.9 Å². The Morgan fingerprint density at radius 2 is 1.92 bits per heavy atom. The molecule has 1 heterocycles. The van der Waals surface area contributed by atoms with Gasteiger partial charge in [-0.25, -0.2) is 4.79 Å². The van der Waals surface area contributed by atoms with Crippen LogP contribution in [0.25, 0.3) is 0 Å². The molecule has 0 unspecified atom stereocenters. The first kappa shape index (κ1) is 20.7. The molecular formula is C19H26ClNO5. The molecule has 6 nitrogen and oxygen atoms in total. The van der Waals surface area contributed by atoms with E-state index in [-0.39, 0.29) is 5.92 Å². The Morgan fingerprint density at radius 3 is 2.54 bits per heavy atom. The monoisotopic (exact) mass is 383 g/mol. The highest BCUT2D eigenvalue weighted by atomic mass is 35.5. The van der Waals surface area contributed by atoms with Gasteiger partial charge in [-0.2, -0.15) is 0 Å². The Balaban J connectivity index is 1.60. The highest BCUT2D eigenvalue weighted by Crippen LogP contribution is 2.25. The van der Waals surface area contributed by atoms with E-state index in [2.05, 4.69) is 9.89 Å². The standard InChI is InChI=1S/C19H26ClNO5/c1-14(16-7-9-17(20)10-8-16)21-26-11-5-4-6-15-12-24-19(2,25-13-15)18(22)23-3/h7-10,15H,4-6,11-13H2,1-3H3. The molecule has 1 aliphatic rings. The lowest BCUT2D eigenvalue weighted by molar-refractivity contribution is -0.272. The zero-order valence-electron chi connectivity index (χ0n) is 15.5. The van der Waals surface area contributed by atoms with Gasteiger partial charge >= 0.3 is 5.97 Å². The van der Waals surface area contributed by atoms with Crippen molar-refractivity contribution in [1.82, 2.24) is 0 Å². The van der Waals surface area contributed by atoms with E-state index in [0.29, 0.717) is 24.8 Å². The first-order chi connectivity index (χ1) is 12.4. The van der Waals surface area contributed by atoms with Gasteiger partial charge in [0.1, 0.15) is 6.61 Å². The maximum Gasteiger partial charge on any atom is 0.366 e. The summed E-state index contributed by atoms with van der Waals surface area (Å²) in [5.74, 6) is -1.51. The zero-order valence-corrected chi connectivity index (χ0v) is 16.3. The number of benzene rings is 1. The second kappa shape index (κ2) is 9.90. The van der Waals surface area contributed by atoms with Gasteiger partial charge in [0.2, 0.25) is 0 Å². The summed E-state index contributed by atoms with van der Waals surface area (Å²) in [5, 5.41) is 4.83. The molecule has 0 spiro atoms.